The molecule has 12 nitrogen and oxygen atoms in total. The number of thiazole rings is 1. The summed E-state index contributed by atoms with van der Waals surface area (Å²) < 4.78 is 7.69. The molecular weight excluding hydrogens is 528 g/mol. The molecule has 1 amide bonds. The van der Waals surface area contributed by atoms with E-state index in [0.717, 1.165) is 11.3 Å². The average Bonchev–Trinajstić information content (AvgIpc) is 3.51. The number of anilines is 1. The molecule has 178 valence electrons. The number of carbonyl (C=O) groups is 2. The number of rotatable bonds is 6. The summed E-state index contributed by atoms with van der Waals surface area (Å²) in [7, 11) is 3.23. The maximum atomic E-state index is 12.9. The number of carbonyl (C=O) groups excluding carboxylic acids is 1. The van der Waals surface area contributed by atoms with E-state index in [2.05, 4.69) is 41.3 Å². The van der Waals surface area contributed by atoms with Gasteiger partial charge in [0.05, 0.1) is 22.2 Å². The van der Waals surface area contributed by atoms with Crippen molar-refractivity contribution in [2.24, 2.45) is 7.05 Å². The van der Waals surface area contributed by atoms with Gasteiger partial charge >= 0.3 is 5.97 Å². The van der Waals surface area contributed by atoms with Crippen molar-refractivity contribution in [2.45, 2.75) is 25.5 Å². The van der Waals surface area contributed by atoms with E-state index in [1.807, 2.05) is 11.0 Å². The third-order valence-corrected chi connectivity index (χ3v) is 7.73. The van der Waals surface area contributed by atoms with Crippen molar-refractivity contribution < 1.29 is 19.4 Å². The number of hydrogen-bond donors (Lipinski definition) is 3. The summed E-state index contributed by atoms with van der Waals surface area (Å²) in [6.07, 6.45) is 1.50. The lowest BCUT2D eigenvalue weighted by atomic mass is 10.0. The molecule has 3 N–H and O–H groups in total. The van der Waals surface area contributed by atoms with Crippen LogP contribution in [0.1, 0.15) is 37.8 Å². The van der Waals surface area contributed by atoms with E-state index in [1.165, 1.54) is 11.0 Å². The minimum Gasteiger partial charge on any atom is -0.477 e. The molecule has 0 radical (unpaired) electrons. The normalized spacial score (nSPS) is 18.0. The second-order valence-corrected chi connectivity index (χ2v) is 9.47. The van der Waals surface area contributed by atoms with Crippen LogP contribution in [0.2, 0.25) is 0 Å². The standard InChI is InChI=1S/C20H21BrN8O4S/c1-9-13(21)10(6-22)14(25-9)18(30)26-11-4-5-29(7-12(11)33-3)20-27-15(16(34-20)19(31)32)17-23-8-24-28(17)2/h8,11-12,25H,4-5,7H2,1-3H3,(H,26,30)(H,31,32). The number of aromatic amines is 1. The molecule has 4 heterocycles. The van der Waals surface area contributed by atoms with E-state index in [-0.39, 0.29) is 34.0 Å². The molecule has 14 heteroatoms. The third-order valence-electron chi connectivity index (χ3n) is 5.63. The Balaban J connectivity index is 1.53. The first-order chi connectivity index (χ1) is 16.2. The van der Waals surface area contributed by atoms with Crippen molar-refractivity contribution in [3.05, 3.63) is 32.6 Å². The first-order valence-electron chi connectivity index (χ1n) is 10.2. The molecule has 2 atom stereocenters. The predicted molar refractivity (Wildman–Crippen MR) is 126 cm³/mol. The van der Waals surface area contributed by atoms with Crippen molar-refractivity contribution in [1.29, 1.82) is 5.26 Å². The maximum Gasteiger partial charge on any atom is 0.348 e. The molecule has 3 aromatic heterocycles. The van der Waals surface area contributed by atoms with Gasteiger partial charge in [-0.05, 0) is 29.3 Å². The number of aromatic nitrogens is 5. The Hall–Kier alpha value is -3.28. The Morgan fingerprint density at radius 1 is 1.47 bits per heavy atom. The SMILES string of the molecule is COC1CN(c2nc(-c3ncnn3C)c(C(=O)O)s2)CCC1NC(=O)c1[nH]c(C)c(Br)c1C#N. The van der Waals surface area contributed by atoms with Crippen LogP contribution >= 0.6 is 27.3 Å². The summed E-state index contributed by atoms with van der Waals surface area (Å²) in [5.41, 5.74) is 1.40. The van der Waals surface area contributed by atoms with Crippen LogP contribution < -0.4 is 10.2 Å². The molecule has 0 spiro atoms. The van der Waals surface area contributed by atoms with Gasteiger partial charge in [0.1, 0.15) is 28.7 Å². The van der Waals surface area contributed by atoms with Gasteiger partial charge < -0.3 is 25.0 Å². The lowest BCUT2D eigenvalue weighted by molar-refractivity contribution is 0.0540. The van der Waals surface area contributed by atoms with E-state index in [4.69, 9.17) is 4.74 Å². The quantitative estimate of drug-likeness (QED) is 0.417. The summed E-state index contributed by atoms with van der Waals surface area (Å²) in [6, 6.07) is 1.74. The highest BCUT2D eigenvalue weighted by molar-refractivity contribution is 9.10. The average molecular weight is 549 g/mol. The number of methoxy groups -OCH3 is 1. The molecule has 0 bridgehead atoms. The smallest absolute Gasteiger partial charge is 0.348 e. The van der Waals surface area contributed by atoms with Gasteiger partial charge in [0, 0.05) is 32.9 Å². The summed E-state index contributed by atoms with van der Waals surface area (Å²) in [5, 5.41) is 26.6. The van der Waals surface area contributed by atoms with Gasteiger partial charge in [-0.1, -0.05) is 11.3 Å². The van der Waals surface area contributed by atoms with Crippen LogP contribution in [-0.4, -0.2) is 74.1 Å². The Kier molecular flexibility index (Phi) is 6.69. The van der Waals surface area contributed by atoms with Crippen molar-refractivity contribution in [1.82, 2.24) is 30.0 Å². The fourth-order valence-electron chi connectivity index (χ4n) is 3.86. The van der Waals surface area contributed by atoms with Crippen LogP contribution in [0.4, 0.5) is 5.13 Å². The number of nitrogens with zero attached hydrogens (tertiary/aromatic N) is 6. The number of ether oxygens (including phenoxy) is 1. The number of nitriles is 1. The topological polar surface area (TPSA) is 162 Å². The van der Waals surface area contributed by atoms with Crippen LogP contribution in [0.25, 0.3) is 11.5 Å². The predicted octanol–water partition coefficient (Wildman–Crippen LogP) is 1.93. The Morgan fingerprint density at radius 3 is 2.85 bits per heavy atom. The number of amides is 1. The molecule has 34 heavy (non-hydrogen) atoms. The lowest BCUT2D eigenvalue weighted by Gasteiger charge is -2.37. The number of carboxylic acid groups (broad SMARTS) is 1. The summed E-state index contributed by atoms with van der Waals surface area (Å²) in [4.78, 5) is 38.3. The zero-order valence-electron chi connectivity index (χ0n) is 18.5. The zero-order chi connectivity index (χ0) is 24.6. The van der Waals surface area contributed by atoms with Gasteiger partial charge in [0.25, 0.3) is 5.91 Å². The van der Waals surface area contributed by atoms with E-state index in [9.17, 15) is 20.0 Å². The Labute approximate surface area is 206 Å². The molecular formula is C20H21BrN8O4S. The zero-order valence-corrected chi connectivity index (χ0v) is 20.9. The molecule has 0 aromatic carbocycles. The summed E-state index contributed by atoms with van der Waals surface area (Å²) >= 11 is 4.39. The molecule has 4 rings (SSSR count). The van der Waals surface area contributed by atoms with Crippen molar-refractivity contribution in [3.8, 4) is 17.6 Å². The molecule has 1 aliphatic rings. The monoisotopic (exact) mass is 548 g/mol. The fourth-order valence-corrected chi connectivity index (χ4v) is 5.18. The molecule has 1 saturated heterocycles. The molecule has 1 fully saturated rings. The number of aryl methyl sites for hydroxylation is 2. The first-order valence-corrected chi connectivity index (χ1v) is 11.8. The maximum absolute atomic E-state index is 12.9. The highest BCUT2D eigenvalue weighted by Crippen LogP contribution is 2.34. The highest BCUT2D eigenvalue weighted by Gasteiger charge is 2.34. The van der Waals surface area contributed by atoms with Crippen LogP contribution in [0.3, 0.4) is 0 Å². The van der Waals surface area contributed by atoms with Crippen LogP contribution in [0.5, 0.6) is 0 Å². The number of nitrogens with one attached hydrogen (secondary N) is 2. The third kappa shape index (κ3) is 4.29. The van der Waals surface area contributed by atoms with Crippen molar-refractivity contribution in [2.75, 3.05) is 25.1 Å². The fraction of sp³-hybridized carbons (Fsp3) is 0.400. The second-order valence-electron chi connectivity index (χ2n) is 7.70. The number of halogens is 1. The Bertz CT molecular complexity index is 1290. The largest absolute Gasteiger partial charge is 0.477 e. The van der Waals surface area contributed by atoms with Gasteiger partial charge in [-0.3, -0.25) is 4.79 Å². The molecule has 2 unspecified atom stereocenters. The number of aromatic carboxylic acids is 1. The summed E-state index contributed by atoms with van der Waals surface area (Å²) in [6.45, 7) is 2.69. The molecule has 0 aliphatic carbocycles. The number of carboxylic acids is 1. The summed E-state index contributed by atoms with van der Waals surface area (Å²) in [5.74, 6) is -1.11. The van der Waals surface area contributed by atoms with E-state index in [1.54, 1.807) is 21.1 Å². The lowest BCUT2D eigenvalue weighted by Crippen LogP contribution is -2.55. The van der Waals surface area contributed by atoms with Crippen molar-refractivity contribution in [3.63, 3.8) is 0 Å². The minimum atomic E-state index is -1.09. The molecule has 0 saturated carbocycles. The van der Waals surface area contributed by atoms with E-state index >= 15 is 0 Å². The van der Waals surface area contributed by atoms with Crippen LogP contribution in [-0.2, 0) is 11.8 Å². The Morgan fingerprint density at radius 2 is 2.24 bits per heavy atom. The van der Waals surface area contributed by atoms with Gasteiger partial charge in [-0.15, -0.1) is 0 Å². The number of piperidine rings is 1. The van der Waals surface area contributed by atoms with Gasteiger partial charge in [-0.2, -0.15) is 10.4 Å². The van der Waals surface area contributed by atoms with Gasteiger partial charge in [-0.25, -0.2) is 19.4 Å². The van der Waals surface area contributed by atoms with Crippen molar-refractivity contribution >= 4 is 44.3 Å². The molecule has 3 aromatic rings. The highest BCUT2D eigenvalue weighted by atomic mass is 79.9. The first kappa shape index (κ1) is 23.9. The van der Waals surface area contributed by atoms with Crippen LogP contribution in [0.15, 0.2) is 10.8 Å². The number of hydrogen-bond acceptors (Lipinski definition) is 9. The van der Waals surface area contributed by atoms with E-state index < -0.39 is 11.9 Å². The van der Waals surface area contributed by atoms with Gasteiger partial charge in [0.15, 0.2) is 11.0 Å². The van der Waals surface area contributed by atoms with Crippen LogP contribution in [0, 0.1) is 18.3 Å². The van der Waals surface area contributed by atoms with E-state index in [0.29, 0.717) is 40.6 Å². The minimum absolute atomic E-state index is 0.0761. The van der Waals surface area contributed by atoms with Gasteiger partial charge in [0.2, 0.25) is 0 Å². The number of H-pyrrole nitrogens is 1. The second kappa shape index (κ2) is 9.53. The molecule has 1 aliphatic heterocycles.